The summed E-state index contributed by atoms with van der Waals surface area (Å²) in [5, 5.41) is 4.00. The summed E-state index contributed by atoms with van der Waals surface area (Å²) in [6.45, 7) is 7.16. The van der Waals surface area contributed by atoms with Gasteiger partial charge in [0.2, 0.25) is 0 Å². The molecule has 0 aliphatic carbocycles. The molecule has 0 spiro atoms. The van der Waals surface area contributed by atoms with Crippen LogP contribution in [0.1, 0.15) is 60.2 Å². The fraction of sp³-hybridized carbons (Fsp3) is 0.300. The molecule has 1 aliphatic rings. The summed E-state index contributed by atoms with van der Waals surface area (Å²) in [5.41, 5.74) is 9.57. The van der Waals surface area contributed by atoms with E-state index < -0.39 is 5.76 Å². The van der Waals surface area contributed by atoms with Gasteiger partial charge in [0, 0.05) is 24.3 Å². The number of H-pyrrole nitrogens is 1. The van der Waals surface area contributed by atoms with Crippen LogP contribution in [0.5, 0.6) is 0 Å². The minimum absolute atomic E-state index is 0.202. The topological polar surface area (TPSA) is 79.9 Å². The Morgan fingerprint density at radius 1 is 1.03 bits per heavy atom. The van der Waals surface area contributed by atoms with E-state index in [1.165, 1.54) is 27.8 Å². The zero-order valence-corrected chi connectivity index (χ0v) is 21.5. The van der Waals surface area contributed by atoms with Crippen molar-refractivity contribution >= 4 is 22.4 Å². The predicted octanol–water partition coefficient (Wildman–Crippen LogP) is 6.02. The Morgan fingerprint density at radius 3 is 2.65 bits per heavy atom. The molecule has 0 saturated carbocycles. The summed E-state index contributed by atoms with van der Waals surface area (Å²) < 4.78 is 7.21. The maximum Gasteiger partial charge on any atom is 0.438 e. The van der Waals surface area contributed by atoms with E-state index in [-0.39, 0.29) is 6.04 Å². The first-order valence-corrected chi connectivity index (χ1v) is 13.0. The minimum atomic E-state index is -0.536. The largest absolute Gasteiger partial charge is 0.438 e. The van der Waals surface area contributed by atoms with Gasteiger partial charge in [0.25, 0.3) is 0 Å². The summed E-state index contributed by atoms with van der Waals surface area (Å²) in [6.07, 6.45) is 3.89. The van der Waals surface area contributed by atoms with Crippen molar-refractivity contribution in [2.45, 2.75) is 59.0 Å². The lowest BCUT2D eigenvalue weighted by atomic mass is 10.0. The van der Waals surface area contributed by atoms with Crippen molar-refractivity contribution in [3.63, 3.8) is 0 Å². The average Bonchev–Trinajstić information content (AvgIpc) is 3.44. The Labute approximate surface area is 215 Å². The van der Waals surface area contributed by atoms with E-state index >= 15 is 0 Å². The third kappa shape index (κ3) is 4.14. The summed E-state index contributed by atoms with van der Waals surface area (Å²) in [5.74, 6) is 1.12. The minimum Gasteiger partial charge on any atom is -0.330 e. The van der Waals surface area contributed by atoms with Gasteiger partial charge in [-0.2, -0.15) is 0 Å². The summed E-state index contributed by atoms with van der Waals surface area (Å²) in [7, 11) is 0. The average molecular weight is 494 g/mol. The SMILES string of the molecule is CCCc1nc2c(C)cccc2n1Cc1ccc2c(c1)CCc1ccccc1N2C(C)c1noc(=O)[nH]1. The third-order valence-corrected chi connectivity index (χ3v) is 7.43. The number of hydrogen-bond donors (Lipinski definition) is 1. The van der Waals surface area contributed by atoms with Crippen LogP contribution in [-0.2, 0) is 25.8 Å². The van der Waals surface area contributed by atoms with Gasteiger partial charge in [-0.15, -0.1) is 0 Å². The van der Waals surface area contributed by atoms with Crippen LogP contribution < -0.4 is 10.7 Å². The number of hydrogen-bond acceptors (Lipinski definition) is 5. The number of rotatable bonds is 6. The highest BCUT2D eigenvalue weighted by Gasteiger charge is 2.28. The van der Waals surface area contributed by atoms with Crippen molar-refractivity contribution < 1.29 is 4.52 Å². The van der Waals surface area contributed by atoms with Crippen molar-refractivity contribution in [2.75, 3.05) is 4.90 Å². The number of para-hydroxylation sites is 2. The molecule has 2 aromatic heterocycles. The predicted molar refractivity (Wildman–Crippen MR) is 146 cm³/mol. The van der Waals surface area contributed by atoms with Crippen LogP contribution in [0.4, 0.5) is 11.4 Å². The van der Waals surface area contributed by atoms with Gasteiger partial charge in [0.15, 0.2) is 5.82 Å². The highest BCUT2D eigenvalue weighted by atomic mass is 16.5. The van der Waals surface area contributed by atoms with E-state index in [2.05, 4.69) is 94.1 Å². The van der Waals surface area contributed by atoms with E-state index in [1.54, 1.807) is 0 Å². The standard InChI is InChI=1S/C30H31N5O2/c1-4-8-27-31-28-19(2)9-7-12-26(28)34(27)18-21-13-16-25-23(17-21)15-14-22-10-5-6-11-24(22)35(25)20(3)29-32-30(36)37-33-29/h5-7,9-13,16-17,20H,4,8,14-15,18H2,1-3H3,(H,32,33,36). The number of aromatic amines is 1. The molecule has 0 bridgehead atoms. The van der Waals surface area contributed by atoms with Gasteiger partial charge in [-0.1, -0.05) is 54.5 Å². The van der Waals surface area contributed by atoms with Crippen molar-refractivity contribution in [1.29, 1.82) is 0 Å². The Morgan fingerprint density at radius 2 is 1.84 bits per heavy atom. The van der Waals surface area contributed by atoms with Crippen LogP contribution in [0.25, 0.3) is 11.0 Å². The fourth-order valence-corrected chi connectivity index (χ4v) is 5.60. The molecule has 7 nitrogen and oxygen atoms in total. The highest BCUT2D eigenvalue weighted by molar-refractivity contribution is 5.79. The summed E-state index contributed by atoms with van der Waals surface area (Å²) >= 11 is 0. The number of aryl methyl sites for hydroxylation is 4. The maximum atomic E-state index is 11.7. The molecule has 0 fully saturated rings. The molecule has 3 aromatic carbocycles. The number of imidazole rings is 1. The van der Waals surface area contributed by atoms with Gasteiger partial charge in [-0.3, -0.25) is 9.51 Å². The number of benzene rings is 3. The van der Waals surface area contributed by atoms with E-state index in [0.29, 0.717) is 5.82 Å². The zero-order chi connectivity index (χ0) is 25.5. The summed E-state index contributed by atoms with van der Waals surface area (Å²) in [4.78, 5) is 21.7. The molecule has 0 amide bonds. The smallest absolute Gasteiger partial charge is 0.330 e. The van der Waals surface area contributed by atoms with Gasteiger partial charge in [-0.25, -0.2) is 9.78 Å². The van der Waals surface area contributed by atoms with Crippen LogP contribution in [-0.4, -0.2) is 19.7 Å². The second-order valence-corrected chi connectivity index (χ2v) is 9.92. The lowest BCUT2D eigenvalue weighted by molar-refractivity contribution is 0.378. The van der Waals surface area contributed by atoms with E-state index in [4.69, 9.17) is 9.51 Å². The quantitative estimate of drug-likeness (QED) is 0.313. The Balaban J connectivity index is 1.43. The van der Waals surface area contributed by atoms with Gasteiger partial charge in [-0.05, 0) is 73.6 Å². The zero-order valence-electron chi connectivity index (χ0n) is 21.5. The molecule has 1 atom stereocenters. The Kier molecular flexibility index (Phi) is 5.91. The molecule has 1 N–H and O–H groups in total. The molecular formula is C30H31N5O2. The number of fused-ring (bicyclic) bond motifs is 3. The molecule has 188 valence electrons. The molecule has 37 heavy (non-hydrogen) atoms. The molecule has 1 unspecified atom stereocenters. The first kappa shape index (κ1) is 23.3. The molecule has 0 radical (unpaired) electrons. The Hall–Kier alpha value is -4.13. The van der Waals surface area contributed by atoms with E-state index in [9.17, 15) is 4.79 Å². The second kappa shape index (κ2) is 9.39. The lowest BCUT2D eigenvalue weighted by Gasteiger charge is -2.31. The number of anilines is 2. The molecular weight excluding hydrogens is 462 g/mol. The molecule has 3 heterocycles. The molecule has 5 aromatic rings. The highest BCUT2D eigenvalue weighted by Crippen LogP contribution is 2.41. The summed E-state index contributed by atoms with van der Waals surface area (Å²) in [6, 6.07) is 21.5. The van der Waals surface area contributed by atoms with Gasteiger partial charge >= 0.3 is 5.76 Å². The van der Waals surface area contributed by atoms with Crippen molar-refractivity contribution in [3.8, 4) is 0 Å². The number of aromatic nitrogens is 4. The van der Waals surface area contributed by atoms with Crippen LogP contribution in [0.2, 0.25) is 0 Å². The van der Waals surface area contributed by atoms with Gasteiger partial charge < -0.3 is 9.47 Å². The van der Waals surface area contributed by atoms with Crippen LogP contribution >= 0.6 is 0 Å². The first-order chi connectivity index (χ1) is 18.0. The van der Waals surface area contributed by atoms with Crippen molar-refractivity contribution in [2.24, 2.45) is 0 Å². The normalized spacial score (nSPS) is 13.9. The van der Waals surface area contributed by atoms with E-state index in [0.717, 1.165) is 54.9 Å². The van der Waals surface area contributed by atoms with Crippen molar-refractivity contribution in [3.05, 3.63) is 105 Å². The number of nitrogens with zero attached hydrogens (tertiary/aromatic N) is 4. The molecule has 7 heteroatoms. The Bertz CT molecular complexity index is 1640. The van der Waals surface area contributed by atoms with E-state index in [1.807, 2.05) is 6.92 Å². The fourth-order valence-electron chi connectivity index (χ4n) is 5.60. The molecule has 0 saturated heterocycles. The van der Waals surface area contributed by atoms with Crippen LogP contribution in [0.3, 0.4) is 0 Å². The van der Waals surface area contributed by atoms with Crippen LogP contribution in [0, 0.1) is 6.92 Å². The van der Waals surface area contributed by atoms with Crippen molar-refractivity contribution in [1.82, 2.24) is 19.7 Å². The van der Waals surface area contributed by atoms with Gasteiger partial charge in [0.05, 0.1) is 17.1 Å². The molecule has 1 aliphatic heterocycles. The monoisotopic (exact) mass is 493 g/mol. The molecule has 6 rings (SSSR count). The second-order valence-electron chi connectivity index (χ2n) is 9.92. The third-order valence-electron chi connectivity index (χ3n) is 7.43. The lowest BCUT2D eigenvalue weighted by Crippen LogP contribution is -2.24. The maximum absolute atomic E-state index is 11.7. The van der Waals surface area contributed by atoms with Crippen LogP contribution in [0.15, 0.2) is 70.0 Å². The number of nitrogens with one attached hydrogen (secondary N) is 1. The van der Waals surface area contributed by atoms with Gasteiger partial charge in [0.1, 0.15) is 5.82 Å². The first-order valence-electron chi connectivity index (χ1n) is 13.0.